The maximum absolute atomic E-state index is 14.4. The number of halogens is 1. The number of nitrogens with one attached hydrogen (secondary N) is 2. The Hall–Kier alpha value is -3.19. The van der Waals surface area contributed by atoms with Gasteiger partial charge in [-0.25, -0.2) is 9.37 Å². The molecule has 6 nitrogen and oxygen atoms in total. The van der Waals surface area contributed by atoms with Gasteiger partial charge in [-0.1, -0.05) is 36.8 Å². The second-order valence-electron chi connectivity index (χ2n) is 8.19. The largest absolute Gasteiger partial charge is 0.352 e. The summed E-state index contributed by atoms with van der Waals surface area (Å²) in [5.41, 5.74) is 3.89. The smallest absolute Gasteiger partial charge is 0.191 e. The van der Waals surface area contributed by atoms with E-state index >= 15 is 0 Å². The van der Waals surface area contributed by atoms with Gasteiger partial charge in [-0.3, -0.25) is 9.89 Å². The number of imidazole rings is 1. The summed E-state index contributed by atoms with van der Waals surface area (Å²) >= 11 is 0. The van der Waals surface area contributed by atoms with E-state index in [1.807, 2.05) is 6.07 Å². The van der Waals surface area contributed by atoms with Crippen LogP contribution in [0.4, 0.5) is 4.39 Å². The fourth-order valence-electron chi connectivity index (χ4n) is 4.00. The highest BCUT2D eigenvalue weighted by Gasteiger charge is 2.10. The first-order valence-electron chi connectivity index (χ1n) is 11.2. The first-order chi connectivity index (χ1) is 15.7. The van der Waals surface area contributed by atoms with Gasteiger partial charge in [0.05, 0.1) is 12.0 Å². The molecule has 0 saturated carbocycles. The molecule has 32 heavy (non-hydrogen) atoms. The second kappa shape index (κ2) is 10.9. The second-order valence-corrected chi connectivity index (χ2v) is 8.19. The van der Waals surface area contributed by atoms with Crippen molar-refractivity contribution in [1.29, 1.82) is 0 Å². The maximum Gasteiger partial charge on any atom is 0.191 e. The number of aromatic nitrogens is 2. The summed E-state index contributed by atoms with van der Waals surface area (Å²) in [5, 5.41) is 6.58. The van der Waals surface area contributed by atoms with Crippen molar-refractivity contribution in [3.05, 3.63) is 83.7 Å². The first kappa shape index (κ1) is 22.0. The molecular formula is C25H31FN6. The fourth-order valence-corrected chi connectivity index (χ4v) is 4.00. The molecule has 0 radical (unpaired) electrons. The molecule has 1 aromatic heterocycles. The van der Waals surface area contributed by atoms with E-state index in [0.29, 0.717) is 24.7 Å². The molecule has 2 heterocycles. The van der Waals surface area contributed by atoms with Gasteiger partial charge in [0.2, 0.25) is 0 Å². The van der Waals surface area contributed by atoms with Crippen molar-refractivity contribution >= 4 is 5.96 Å². The van der Waals surface area contributed by atoms with Crippen LogP contribution in [0, 0.1) is 5.82 Å². The molecule has 7 heteroatoms. The molecule has 4 rings (SSSR count). The lowest BCUT2D eigenvalue weighted by Crippen LogP contribution is -2.36. The van der Waals surface area contributed by atoms with Crippen LogP contribution < -0.4 is 10.6 Å². The molecule has 0 amide bonds. The number of hydrogen-bond acceptors (Lipinski definition) is 3. The fraction of sp³-hybridized carbons (Fsp3) is 0.360. The van der Waals surface area contributed by atoms with Gasteiger partial charge in [-0.05, 0) is 54.8 Å². The Kier molecular flexibility index (Phi) is 7.51. The first-order valence-corrected chi connectivity index (χ1v) is 11.2. The van der Waals surface area contributed by atoms with Crippen molar-refractivity contribution in [2.45, 2.75) is 38.9 Å². The van der Waals surface area contributed by atoms with Crippen LogP contribution >= 0.6 is 0 Å². The van der Waals surface area contributed by atoms with E-state index in [-0.39, 0.29) is 5.82 Å². The summed E-state index contributed by atoms with van der Waals surface area (Å²) < 4.78 is 16.1. The van der Waals surface area contributed by atoms with Gasteiger partial charge < -0.3 is 15.2 Å². The summed E-state index contributed by atoms with van der Waals surface area (Å²) in [6.07, 6.45) is 8.94. The lowest BCUT2D eigenvalue weighted by Gasteiger charge is -2.26. The zero-order chi connectivity index (χ0) is 22.2. The molecule has 0 aliphatic carbocycles. The molecule has 2 aromatic carbocycles. The van der Waals surface area contributed by atoms with Crippen molar-refractivity contribution < 1.29 is 4.39 Å². The van der Waals surface area contributed by atoms with Crippen LogP contribution in [0.15, 0.2) is 66.2 Å². The predicted molar refractivity (Wildman–Crippen MR) is 126 cm³/mol. The van der Waals surface area contributed by atoms with Crippen molar-refractivity contribution in [3.63, 3.8) is 0 Å². The van der Waals surface area contributed by atoms with Crippen molar-refractivity contribution in [3.8, 4) is 5.69 Å². The minimum atomic E-state index is -0.283. The molecule has 3 aromatic rings. The zero-order valence-electron chi connectivity index (χ0n) is 18.6. The van der Waals surface area contributed by atoms with Crippen molar-refractivity contribution in [1.82, 2.24) is 25.1 Å². The summed E-state index contributed by atoms with van der Waals surface area (Å²) in [7, 11) is 1.74. The van der Waals surface area contributed by atoms with E-state index in [1.54, 1.807) is 36.4 Å². The Morgan fingerprint density at radius 1 is 0.969 bits per heavy atom. The molecule has 0 atom stereocenters. The van der Waals surface area contributed by atoms with Gasteiger partial charge in [-0.15, -0.1) is 0 Å². The van der Waals surface area contributed by atoms with E-state index in [4.69, 9.17) is 0 Å². The van der Waals surface area contributed by atoms with Crippen LogP contribution in [0.25, 0.3) is 5.69 Å². The Morgan fingerprint density at radius 2 is 1.66 bits per heavy atom. The summed E-state index contributed by atoms with van der Waals surface area (Å²) in [4.78, 5) is 10.8. The quantitative estimate of drug-likeness (QED) is 0.438. The van der Waals surface area contributed by atoms with E-state index in [2.05, 4.69) is 49.8 Å². The minimum absolute atomic E-state index is 0.283. The monoisotopic (exact) mass is 434 g/mol. The van der Waals surface area contributed by atoms with E-state index < -0.39 is 0 Å². The SMILES string of the molecule is CN=C(NCc1ccc(CN2CCCCC2)cc1)NCc1ccc(-n2ccnc2)c(F)c1. The third kappa shape index (κ3) is 5.95. The zero-order valence-corrected chi connectivity index (χ0v) is 18.6. The summed E-state index contributed by atoms with van der Waals surface area (Å²) in [5.74, 6) is 0.399. The minimum Gasteiger partial charge on any atom is -0.352 e. The highest BCUT2D eigenvalue weighted by Crippen LogP contribution is 2.15. The highest BCUT2D eigenvalue weighted by atomic mass is 19.1. The molecule has 1 fully saturated rings. The van der Waals surface area contributed by atoms with E-state index in [1.165, 1.54) is 49.5 Å². The number of rotatable bonds is 7. The Morgan fingerprint density at radius 3 is 2.31 bits per heavy atom. The van der Waals surface area contributed by atoms with Crippen LogP contribution in [0.3, 0.4) is 0 Å². The predicted octanol–water partition coefficient (Wildman–Crippen LogP) is 3.86. The number of hydrogen-bond donors (Lipinski definition) is 2. The Bertz CT molecular complexity index is 1010. The number of benzene rings is 2. The summed E-state index contributed by atoms with van der Waals surface area (Å²) in [6.45, 7) is 4.61. The number of aliphatic imine (C=N–C) groups is 1. The molecule has 0 unspecified atom stereocenters. The summed E-state index contributed by atoms with van der Waals surface area (Å²) in [6, 6.07) is 14.0. The normalized spacial score (nSPS) is 15.0. The molecule has 0 bridgehead atoms. The third-order valence-electron chi connectivity index (χ3n) is 5.82. The van der Waals surface area contributed by atoms with Gasteiger partial charge >= 0.3 is 0 Å². The third-order valence-corrected chi connectivity index (χ3v) is 5.82. The topological polar surface area (TPSA) is 57.5 Å². The molecule has 0 spiro atoms. The van der Waals surface area contributed by atoms with Crippen LogP contribution in [0.5, 0.6) is 0 Å². The highest BCUT2D eigenvalue weighted by molar-refractivity contribution is 5.79. The average Bonchev–Trinajstić information content (AvgIpc) is 3.36. The average molecular weight is 435 g/mol. The number of guanidine groups is 1. The van der Waals surface area contributed by atoms with Gasteiger partial charge in [0.15, 0.2) is 5.96 Å². The Balaban J connectivity index is 1.25. The molecule has 168 valence electrons. The van der Waals surface area contributed by atoms with Crippen LogP contribution in [-0.2, 0) is 19.6 Å². The van der Waals surface area contributed by atoms with E-state index in [0.717, 1.165) is 12.1 Å². The molecule has 1 saturated heterocycles. The number of piperidine rings is 1. The van der Waals surface area contributed by atoms with Crippen LogP contribution in [0.1, 0.15) is 36.0 Å². The van der Waals surface area contributed by atoms with Crippen LogP contribution in [0.2, 0.25) is 0 Å². The molecule has 2 N–H and O–H groups in total. The van der Waals surface area contributed by atoms with Crippen LogP contribution in [-0.4, -0.2) is 40.5 Å². The van der Waals surface area contributed by atoms with Gasteiger partial charge in [-0.2, -0.15) is 0 Å². The lowest BCUT2D eigenvalue weighted by molar-refractivity contribution is 0.221. The lowest BCUT2D eigenvalue weighted by atomic mass is 10.1. The maximum atomic E-state index is 14.4. The van der Waals surface area contributed by atoms with E-state index in [9.17, 15) is 4.39 Å². The van der Waals surface area contributed by atoms with Gasteiger partial charge in [0.25, 0.3) is 0 Å². The number of likely N-dealkylation sites (tertiary alicyclic amines) is 1. The standard InChI is InChI=1S/C25H31FN6/c1-27-25(30-17-22-9-10-24(23(26)15-22)32-14-11-28-19-32)29-16-20-5-7-21(8-6-20)18-31-12-3-2-4-13-31/h5-11,14-15,19H,2-4,12-13,16-18H2,1H3,(H2,27,29,30). The van der Waals surface area contributed by atoms with Gasteiger partial charge in [0.1, 0.15) is 5.82 Å². The van der Waals surface area contributed by atoms with Gasteiger partial charge in [0, 0.05) is 39.1 Å². The van der Waals surface area contributed by atoms with Crippen molar-refractivity contribution in [2.75, 3.05) is 20.1 Å². The molecule has 1 aliphatic heterocycles. The molecule has 1 aliphatic rings. The van der Waals surface area contributed by atoms with Crippen molar-refractivity contribution in [2.24, 2.45) is 4.99 Å². The molecular weight excluding hydrogens is 403 g/mol. The Labute approximate surface area is 189 Å². The number of nitrogens with zero attached hydrogens (tertiary/aromatic N) is 4.